The van der Waals surface area contributed by atoms with Gasteiger partial charge in [-0.05, 0) is 48.2 Å². The van der Waals surface area contributed by atoms with E-state index in [-0.39, 0.29) is 6.03 Å². The molecule has 0 aliphatic rings. The van der Waals surface area contributed by atoms with Gasteiger partial charge in [0, 0.05) is 16.4 Å². The van der Waals surface area contributed by atoms with E-state index in [9.17, 15) is 4.79 Å². The van der Waals surface area contributed by atoms with E-state index in [4.69, 9.17) is 0 Å². The van der Waals surface area contributed by atoms with Crippen molar-refractivity contribution in [2.45, 2.75) is 20.3 Å². The first-order valence-electron chi connectivity index (χ1n) is 7.18. The number of carbonyl (C=O) groups is 1. The first kappa shape index (κ1) is 16.3. The van der Waals surface area contributed by atoms with Crippen LogP contribution in [-0.4, -0.2) is 6.03 Å². The molecule has 0 heterocycles. The fraction of sp³-hybridized carbons (Fsp3) is 0.167. The van der Waals surface area contributed by atoms with Crippen LogP contribution in [0, 0.1) is 6.92 Å². The molecule has 0 atom stereocenters. The summed E-state index contributed by atoms with van der Waals surface area (Å²) in [7, 11) is 0. The van der Waals surface area contributed by atoms with E-state index in [1.54, 1.807) is 6.20 Å². The Morgan fingerprint density at radius 1 is 1.23 bits per heavy atom. The number of hydrogen-bond acceptors (Lipinski definition) is 1. The lowest BCUT2D eigenvalue weighted by molar-refractivity contribution is 0.255. The lowest BCUT2D eigenvalue weighted by Crippen LogP contribution is -2.24. The molecule has 0 radical (unpaired) electrons. The Morgan fingerprint density at radius 2 is 2.00 bits per heavy atom. The largest absolute Gasteiger partial charge is 0.323 e. The van der Waals surface area contributed by atoms with Crippen LogP contribution >= 0.6 is 15.9 Å². The van der Waals surface area contributed by atoms with Crippen molar-refractivity contribution < 1.29 is 4.79 Å². The third-order valence-electron chi connectivity index (χ3n) is 3.32. The zero-order chi connectivity index (χ0) is 15.9. The second-order valence-electron chi connectivity index (χ2n) is 4.95. The van der Waals surface area contributed by atoms with Gasteiger partial charge in [0.1, 0.15) is 0 Å². The molecule has 0 spiro atoms. The minimum Gasteiger partial charge on any atom is -0.314 e. The number of carbonyl (C=O) groups excluding carboxylic acids is 1. The Labute approximate surface area is 139 Å². The molecule has 2 N–H and O–H groups in total. The molecule has 2 aromatic rings. The monoisotopic (exact) mass is 358 g/mol. The van der Waals surface area contributed by atoms with E-state index in [0.29, 0.717) is 0 Å². The summed E-state index contributed by atoms with van der Waals surface area (Å²) < 4.78 is 1.01. The highest BCUT2D eigenvalue weighted by Gasteiger charge is 2.06. The highest BCUT2D eigenvalue weighted by Crippen LogP contribution is 2.20. The SMILES string of the molecule is CCc1cccc(C)c1NC(=O)N/C=C/c1cccc(Br)c1. The van der Waals surface area contributed by atoms with E-state index >= 15 is 0 Å². The van der Waals surface area contributed by atoms with Crippen molar-refractivity contribution >= 4 is 33.7 Å². The van der Waals surface area contributed by atoms with E-state index < -0.39 is 0 Å². The molecule has 2 aromatic carbocycles. The summed E-state index contributed by atoms with van der Waals surface area (Å²) in [6.45, 7) is 4.07. The number of benzene rings is 2. The number of nitrogens with one attached hydrogen (secondary N) is 2. The molecular formula is C18H19BrN2O. The van der Waals surface area contributed by atoms with Crippen LogP contribution < -0.4 is 10.6 Å². The predicted octanol–water partition coefficient (Wildman–Crippen LogP) is 5.11. The van der Waals surface area contributed by atoms with Gasteiger partial charge < -0.3 is 10.6 Å². The maximum absolute atomic E-state index is 12.0. The van der Waals surface area contributed by atoms with Crippen LogP contribution in [0.5, 0.6) is 0 Å². The lowest BCUT2D eigenvalue weighted by Gasteiger charge is -2.12. The van der Waals surface area contributed by atoms with Gasteiger partial charge in [0.2, 0.25) is 0 Å². The molecule has 0 fully saturated rings. The van der Waals surface area contributed by atoms with Gasteiger partial charge in [0.05, 0.1) is 0 Å². The number of anilines is 1. The summed E-state index contributed by atoms with van der Waals surface area (Å²) in [6.07, 6.45) is 4.37. The maximum atomic E-state index is 12.0. The topological polar surface area (TPSA) is 41.1 Å². The molecule has 3 nitrogen and oxygen atoms in total. The Kier molecular flexibility index (Phi) is 5.78. The average Bonchev–Trinajstić information content (AvgIpc) is 2.49. The molecule has 22 heavy (non-hydrogen) atoms. The molecule has 2 amide bonds. The number of para-hydroxylation sites is 1. The second kappa shape index (κ2) is 7.80. The molecule has 0 unspecified atom stereocenters. The number of rotatable bonds is 4. The molecular weight excluding hydrogens is 340 g/mol. The van der Waals surface area contributed by atoms with Gasteiger partial charge >= 0.3 is 6.03 Å². The van der Waals surface area contributed by atoms with E-state index in [2.05, 4.69) is 33.5 Å². The number of urea groups is 1. The molecule has 114 valence electrons. The van der Waals surface area contributed by atoms with Crippen LogP contribution in [0.15, 0.2) is 53.1 Å². The molecule has 0 aliphatic carbocycles. The predicted molar refractivity (Wildman–Crippen MR) is 95.9 cm³/mol. The van der Waals surface area contributed by atoms with Crippen molar-refractivity contribution in [2.75, 3.05) is 5.32 Å². The second-order valence-corrected chi connectivity index (χ2v) is 5.87. The summed E-state index contributed by atoms with van der Waals surface area (Å²) in [6, 6.07) is 13.6. The van der Waals surface area contributed by atoms with Gasteiger partial charge in [-0.3, -0.25) is 0 Å². The van der Waals surface area contributed by atoms with Gasteiger partial charge in [0.25, 0.3) is 0 Å². The highest BCUT2D eigenvalue weighted by atomic mass is 79.9. The van der Waals surface area contributed by atoms with Crippen LogP contribution in [-0.2, 0) is 6.42 Å². The normalized spacial score (nSPS) is 10.7. The molecule has 0 saturated heterocycles. The Hall–Kier alpha value is -2.07. The van der Waals surface area contributed by atoms with Crippen molar-refractivity contribution in [1.82, 2.24) is 5.32 Å². The van der Waals surface area contributed by atoms with Crippen molar-refractivity contribution in [3.63, 3.8) is 0 Å². The summed E-state index contributed by atoms with van der Waals surface area (Å²) in [5.41, 5.74) is 4.09. The average molecular weight is 359 g/mol. The van der Waals surface area contributed by atoms with Gasteiger partial charge in [-0.25, -0.2) is 4.79 Å². The standard InChI is InChI=1S/C18H19BrN2O/c1-3-15-8-4-6-13(2)17(15)21-18(22)20-11-10-14-7-5-9-16(19)12-14/h4-12H,3H2,1-2H3,(H2,20,21,22)/b11-10+. The summed E-state index contributed by atoms with van der Waals surface area (Å²) in [4.78, 5) is 12.0. The first-order chi connectivity index (χ1) is 10.6. The summed E-state index contributed by atoms with van der Waals surface area (Å²) in [5.74, 6) is 0. The molecule has 0 bridgehead atoms. The number of halogens is 1. The molecule has 0 saturated carbocycles. The Bertz CT molecular complexity index is 695. The zero-order valence-corrected chi connectivity index (χ0v) is 14.3. The van der Waals surface area contributed by atoms with Crippen molar-refractivity contribution in [3.05, 3.63) is 69.8 Å². The number of aryl methyl sites for hydroxylation is 2. The molecule has 0 aliphatic heterocycles. The minimum absolute atomic E-state index is 0.241. The molecule has 2 rings (SSSR count). The molecule has 0 aromatic heterocycles. The van der Waals surface area contributed by atoms with Crippen LogP contribution in [0.1, 0.15) is 23.6 Å². The third kappa shape index (κ3) is 4.46. The van der Waals surface area contributed by atoms with Crippen LogP contribution in [0.3, 0.4) is 0 Å². The van der Waals surface area contributed by atoms with Crippen molar-refractivity contribution in [2.24, 2.45) is 0 Å². The zero-order valence-electron chi connectivity index (χ0n) is 12.7. The highest BCUT2D eigenvalue weighted by molar-refractivity contribution is 9.10. The Morgan fingerprint density at radius 3 is 2.73 bits per heavy atom. The first-order valence-corrected chi connectivity index (χ1v) is 7.97. The maximum Gasteiger partial charge on any atom is 0.323 e. The van der Waals surface area contributed by atoms with Crippen molar-refractivity contribution in [3.8, 4) is 0 Å². The summed E-state index contributed by atoms with van der Waals surface area (Å²) >= 11 is 3.42. The van der Waals surface area contributed by atoms with Crippen molar-refractivity contribution in [1.29, 1.82) is 0 Å². The van der Waals surface area contributed by atoms with Gasteiger partial charge in [-0.2, -0.15) is 0 Å². The number of amides is 2. The quantitative estimate of drug-likeness (QED) is 0.782. The van der Waals surface area contributed by atoms with E-state index in [1.807, 2.05) is 55.5 Å². The van der Waals surface area contributed by atoms with Gasteiger partial charge in [0.15, 0.2) is 0 Å². The molecule has 4 heteroatoms. The smallest absolute Gasteiger partial charge is 0.314 e. The van der Waals surface area contributed by atoms with Gasteiger partial charge in [-0.15, -0.1) is 0 Å². The summed E-state index contributed by atoms with van der Waals surface area (Å²) in [5, 5.41) is 5.65. The van der Waals surface area contributed by atoms with Crippen LogP contribution in [0.2, 0.25) is 0 Å². The minimum atomic E-state index is -0.241. The fourth-order valence-corrected chi connectivity index (χ4v) is 2.59. The van der Waals surface area contributed by atoms with Crippen LogP contribution in [0.25, 0.3) is 6.08 Å². The van der Waals surface area contributed by atoms with E-state index in [0.717, 1.165) is 33.3 Å². The third-order valence-corrected chi connectivity index (χ3v) is 3.81. The number of hydrogen-bond donors (Lipinski definition) is 2. The fourth-order valence-electron chi connectivity index (χ4n) is 2.18. The Balaban J connectivity index is 1.99. The van der Waals surface area contributed by atoms with E-state index in [1.165, 1.54) is 0 Å². The van der Waals surface area contributed by atoms with Crippen LogP contribution in [0.4, 0.5) is 10.5 Å². The lowest BCUT2D eigenvalue weighted by atomic mass is 10.1. The van der Waals surface area contributed by atoms with Gasteiger partial charge in [-0.1, -0.05) is 53.2 Å².